The molecule has 122 valence electrons. The van der Waals surface area contributed by atoms with E-state index in [-0.39, 0.29) is 6.10 Å². The number of nitrogens with zero attached hydrogens (tertiary/aromatic N) is 2. The molecule has 23 heavy (non-hydrogen) atoms. The molecule has 1 N–H and O–H groups in total. The first-order valence-corrected chi connectivity index (χ1v) is 8.29. The summed E-state index contributed by atoms with van der Waals surface area (Å²) in [6.45, 7) is 2.91. The van der Waals surface area contributed by atoms with Crippen LogP contribution in [0.1, 0.15) is 24.0 Å². The van der Waals surface area contributed by atoms with E-state index in [0.29, 0.717) is 18.2 Å². The lowest BCUT2D eigenvalue weighted by molar-refractivity contribution is 0.0662. The summed E-state index contributed by atoms with van der Waals surface area (Å²) in [6.07, 6.45) is 5.22. The Morgan fingerprint density at radius 3 is 3.04 bits per heavy atom. The average Bonchev–Trinajstić information content (AvgIpc) is 2.55. The Labute approximate surface area is 141 Å². The number of rotatable bonds is 5. The summed E-state index contributed by atoms with van der Waals surface area (Å²) in [6, 6.07) is 9.59. The summed E-state index contributed by atoms with van der Waals surface area (Å²) >= 11 is 6.15. The number of halogens is 1. The van der Waals surface area contributed by atoms with Crippen LogP contribution >= 0.6 is 11.6 Å². The second-order valence-corrected chi connectivity index (χ2v) is 6.37. The summed E-state index contributed by atoms with van der Waals surface area (Å²) < 4.78 is 5.96. The van der Waals surface area contributed by atoms with Gasteiger partial charge in [-0.2, -0.15) is 0 Å². The van der Waals surface area contributed by atoms with Crippen LogP contribution in [0.25, 0.3) is 0 Å². The third-order valence-electron chi connectivity index (χ3n) is 4.01. The first-order valence-electron chi connectivity index (χ1n) is 7.91. The van der Waals surface area contributed by atoms with Crippen LogP contribution < -0.4 is 4.74 Å². The van der Waals surface area contributed by atoms with Crippen molar-refractivity contribution in [1.29, 1.82) is 0 Å². The Kier molecular flexibility index (Phi) is 5.49. The molecule has 5 heteroatoms. The van der Waals surface area contributed by atoms with Gasteiger partial charge in [-0.25, -0.2) is 0 Å². The molecule has 0 spiro atoms. The molecule has 0 aliphatic carbocycles. The van der Waals surface area contributed by atoms with Gasteiger partial charge in [0, 0.05) is 41.6 Å². The standard InChI is InChI=1S/C18H21ClN2O2/c19-16-5-6-18(23-13-14-3-1-7-20-10-14)15(9-16)11-21-8-2-4-17(22)12-21/h1,3,5-7,9-10,17,22H,2,4,8,11-13H2/t17-/m1/s1. The van der Waals surface area contributed by atoms with Gasteiger partial charge in [0.15, 0.2) is 0 Å². The molecule has 0 amide bonds. The van der Waals surface area contributed by atoms with Crippen LogP contribution in [-0.2, 0) is 13.2 Å². The average molecular weight is 333 g/mol. The minimum atomic E-state index is -0.234. The van der Waals surface area contributed by atoms with Crippen molar-refractivity contribution in [2.75, 3.05) is 13.1 Å². The van der Waals surface area contributed by atoms with E-state index >= 15 is 0 Å². The van der Waals surface area contributed by atoms with Gasteiger partial charge in [-0.15, -0.1) is 0 Å². The normalized spacial score (nSPS) is 18.8. The highest BCUT2D eigenvalue weighted by Gasteiger charge is 2.19. The van der Waals surface area contributed by atoms with E-state index in [4.69, 9.17) is 16.3 Å². The van der Waals surface area contributed by atoms with E-state index < -0.39 is 0 Å². The van der Waals surface area contributed by atoms with Crippen molar-refractivity contribution < 1.29 is 9.84 Å². The molecule has 2 heterocycles. The van der Waals surface area contributed by atoms with Crippen LogP contribution in [-0.4, -0.2) is 34.2 Å². The first kappa shape index (κ1) is 16.2. The second kappa shape index (κ2) is 7.77. The van der Waals surface area contributed by atoms with E-state index in [1.54, 1.807) is 12.4 Å². The molecule has 1 aliphatic rings. The van der Waals surface area contributed by atoms with E-state index in [9.17, 15) is 5.11 Å². The maximum atomic E-state index is 9.83. The number of hydrogen-bond acceptors (Lipinski definition) is 4. The van der Waals surface area contributed by atoms with Crippen molar-refractivity contribution in [1.82, 2.24) is 9.88 Å². The molecule has 4 nitrogen and oxygen atoms in total. The van der Waals surface area contributed by atoms with Gasteiger partial charge in [0.25, 0.3) is 0 Å². The fourth-order valence-corrected chi connectivity index (χ4v) is 3.07. The largest absolute Gasteiger partial charge is 0.489 e. The summed E-state index contributed by atoms with van der Waals surface area (Å²) in [5.74, 6) is 0.832. The zero-order valence-corrected chi connectivity index (χ0v) is 13.7. The van der Waals surface area contributed by atoms with Crippen molar-refractivity contribution in [3.8, 4) is 5.75 Å². The summed E-state index contributed by atoms with van der Waals surface area (Å²) in [7, 11) is 0. The van der Waals surface area contributed by atoms with Crippen LogP contribution in [0.2, 0.25) is 5.02 Å². The zero-order valence-electron chi connectivity index (χ0n) is 13.0. The van der Waals surface area contributed by atoms with Crippen molar-refractivity contribution >= 4 is 11.6 Å². The molecule has 1 aliphatic heterocycles. The lowest BCUT2D eigenvalue weighted by Crippen LogP contribution is -2.37. The predicted octanol–water partition coefficient (Wildman–Crippen LogP) is 3.27. The molecule has 1 atom stereocenters. The van der Waals surface area contributed by atoms with Gasteiger partial charge in [0.1, 0.15) is 12.4 Å². The zero-order chi connectivity index (χ0) is 16.1. The van der Waals surface area contributed by atoms with Gasteiger partial charge in [-0.05, 0) is 43.7 Å². The second-order valence-electron chi connectivity index (χ2n) is 5.93. The monoisotopic (exact) mass is 332 g/mol. The number of aliphatic hydroxyl groups excluding tert-OH is 1. The van der Waals surface area contributed by atoms with E-state index in [1.807, 2.05) is 30.3 Å². The highest BCUT2D eigenvalue weighted by molar-refractivity contribution is 6.30. The Balaban J connectivity index is 1.69. The van der Waals surface area contributed by atoms with Gasteiger partial charge >= 0.3 is 0 Å². The number of piperidine rings is 1. The maximum absolute atomic E-state index is 9.83. The first-order chi connectivity index (χ1) is 11.2. The Hall–Kier alpha value is -1.62. The summed E-state index contributed by atoms with van der Waals surface area (Å²) in [5, 5.41) is 10.5. The van der Waals surface area contributed by atoms with Crippen LogP contribution in [0.15, 0.2) is 42.7 Å². The van der Waals surface area contributed by atoms with Crippen LogP contribution in [0.3, 0.4) is 0 Å². The maximum Gasteiger partial charge on any atom is 0.124 e. The number of aromatic nitrogens is 1. The molecule has 2 aromatic rings. The molecule has 1 aromatic carbocycles. The van der Waals surface area contributed by atoms with Gasteiger partial charge in [0.05, 0.1) is 6.10 Å². The van der Waals surface area contributed by atoms with Gasteiger partial charge in [-0.1, -0.05) is 17.7 Å². The molecule has 0 bridgehead atoms. The Bertz CT molecular complexity index is 636. The number of benzene rings is 1. The van der Waals surface area contributed by atoms with E-state index in [0.717, 1.165) is 42.8 Å². The number of pyridine rings is 1. The molecular formula is C18H21ClN2O2. The highest BCUT2D eigenvalue weighted by atomic mass is 35.5. The minimum Gasteiger partial charge on any atom is -0.489 e. The highest BCUT2D eigenvalue weighted by Crippen LogP contribution is 2.26. The van der Waals surface area contributed by atoms with Crippen LogP contribution in [0.4, 0.5) is 0 Å². The minimum absolute atomic E-state index is 0.234. The molecular weight excluding hydrogens is 312 g/mol. The fraction of sp³-hybridized carbons (Fsp3) is 0.389. The lowest BCUT2D eigenvalue weighted by atomic mass is 10.1. The van der Waals surface area contributed by atoms with Gasteiger partial charge in [-0.3, -0.25) is 9.88 Å². The molecule has 0 radical (unpaired) electrons. The number of β-amino-alcohol motifs (C(OH)–C–C–N with tert-alkyl or cyclic N) is 1. The molecule has 3 rings (SSSR count). The third-order valence-corrected chi connectivity index (χ3v) is 4.25. The molecule has 1 aromatic heterocycles. The van der Waals surface area contributed by atoms with E-state index in [2.05, 4.69) is 9.88 Å². The van der Waals surface area contributed by atoms with E-state index in [1.165, 1.54) is 0 Å². The van der Waals surface area contributed by atoms with Crippen molar-refractivity contribution in [3.63, 3.8) is 0 Å². The lowest BCUT2D eigenvalue weighted by Gasteiger charge is -2.30. The fourth-order valence-electron chi connectivity index (χ4n) is 2.87. The van der Waals surface area contributed by atoms with Crippen molar-refractivity contribution in [2.45, 2.75) is 32.1 Å². The Morgan fingerprint density at radius 2 is 2.26 bits per heavy atom. The number of aliphatic hydroxyl groups is 1. The molecule has 0 saturated carbocycles. The topological polar surface area (TPSA) is 45.6 Å². The molecule has 0 unspecified atom stereocenters. The Morgan fingerprint density at radius 1 is 1.35 bits per heavy atom. The van der Waals surface area contributed by atoms with Crippen molar-refractivity contribution in [2.24, 2.45) is 0 Å². The summed E-state index contributed by atoms with van der Waals surface area (Å²) in [5.41, 5.74) is 2.08. The number of likely N-dealkylation sites (tertiary alicyclic amines) is 1. The SMILES string of the molecule is O[C@@H]1CCCN(Cc2cc(Cl)ccc2OCc2cccnc2)C1. The molecule has 1 saturated heterocycles. The third kappa shape index (κ3) is 4.67. The predicted molar refractivity (Wildman–Crippen MR) is 90.5 cm³/mol. The van der Waals surface area contributed by atoms with Gasteiger partial charge in [0.2, 0.25) is 0 Å². The quantitative estimate of drug-likeness (QED) is 0.912. The van der Waals surface area contributed by atoms with Crippen LogP contribution in [0.5, 0.6) is 5.75 Å². The summed E-state index contributed by atoms with van der Waals surface area (Å²) in [4.78, 5) is 6.35. The smallest absolute Gasteiger partial charge is 0.124 e. The van der Waals surface area contributed by atoms with Crippen molar-refractivity contribution in [3.05, 3.63) is 58.9 Å². The number of ether oxygens (including phenoxy) is 1. The van der Waals surface area contributed by atoms with Gasteiger partial charge < -0.3 is 9.84 Å². The number of hydrogen-bond donors (Lipinski definition) is 1. The molecule has 1 fully saturated rings. The van der Waals surface area contributed by atoms with Crippen LogP contribution in [0, 0.1) is 0 Å².